The molecule has 0 saturated carbocycles. The van der Waals surface area contributed by atoms with Gasteiger partial charge in [0.15, 0.2) is 17.5 Å². The van der Waals surface area contributed by atoms with Crippen molar-refractivity contribution < 1.29 is 0 Å². The predicted octanol–water partition coefficient (Wildman–Crippen LogP) is 16.4. The Labute approximate surface area is 387 Å². The van der Waals surface area contributed by atoms with Crippen LogP contribution in [-0.2, 0) is 0 Å². The van der Waals surface area contributed by atoms with Crippen LogP contribution in [-0.4, -0.2) is 19.5 Å². The molecular weight excluding hydrogens is 813 g/mol. The van der Waals surface area contributed by atoms with E-state index in [2.05, 4.69) is 241 Å². The smallest absolute Gasteiger partial charge is 0.164 e. The number of benzene rings is 11. The standard InChI is InChI=1S/C63H40N4/c1-3-15-43(16-4-1)50-21-11-12-25-55(50)63-65-61(64-62(66-63)48-36-38-59-57(40-48)53-24-13-14-26-58(53)67(59)49-19-5-2-6-20-49)46-33-29-42(30-34-46)41-27-31-45(32-28-41)60-52-23-10-8-18-47(52)39-56-51-22-9-7-17-44(51)35-37-54(56)60/h1-40H. The molecular formula is C63H40N4. The van der Waals surface area contributed by atoms with Gasteiger partial charge in [0, 0.05) is 33.2 Å². The molecule has 0 unspecified atom stereocenters. The van der Waals surface area contributed by atoms with Crippen LogP contribution in [0.4, 0.5) is 0 Å². The lowest BCUT2D eigenvalue weighted by Crippen LogP contribution is -2.01. The number of hydrogen-bond acceptors (Lipinski definition) is 3. The molecule has 13 rings (SSSR count). The summed E-state index contributed by atoms with van der Waals surface area (Å²) in [6.45, 7) is 0. The zero-order valence-electron chi connectivity index (χ0n) is 36.4. The normalized spacial score (nSPS) is 11.6. The third kappa shape index (κ3) is 6.65. The van der Waals surface area contributed by atoms with Crippen LogP contribution in [0.3, 0.4) is 0 Å². The fraction of sp³-hybridized carbons (Fsp3) is 0. The molecule has 0 bridgehead atoms. The van der Waals surface area contributed by atoms with Gasteiger partial charge in [0.25, 0.3) is 0 Å². The molecule has 0 aliphatic carbocycles. The van der Waals surface area contributed by atoms with Crippen LogP contribution in [0.25, 0.3) is 127 Å². The van der Waals surface area contributed by atoms with Crippen LogP contribution < -0.4 is 0 Å². The molecule has 312 valence electrons. The first-order valence-corrected chi connectivity index (χ1v) is 22.8. The number of rotatable bonds is 7. The molecule has 0 spiro atoms. The lowest BCUT2D eigenvalue weighted by Gasteiger charge is -2.14. The summed E-state index contributed by atoms with van der Waals surface area (Å²) >= 11 is 0. The van der Waals surface area contributed by atoms with Crippen molar-refractivity contribution in [3.8, 4) is 73.2 Å². The van der Waals surface area contributed by atoms with E-state index in [0.717, 1.165) is 61.1 Å². The summed E-state index contributed by atoms with van der Waals surface area (Å²) in [6.07, 6.45) is 0. The zero-order chi connectivity index (χ0) is 44.3. The summed E-state index contributed by atoms with van der Waals surface area (Å²) < 4.78 is 2.33. The molecule has 4 heteroatoms. The van der Waals surface area contributed by atoms with Gasteiger partial charge in [0.2, 0.25) is 0 Å². The van der Waals surface area contributed by atoms with Crippen LogP contribution in [0.2, 0.25) is 0 Å². The molecule has 67 heavy (non-hydrogen) atoms. The van der Waals surface area contributed by atoms with E-state index in [9.17, 15) is 0 Å². The zero-order valence-corrected chi connectivity index (χ0v) is 36.4. The van der Waals surface area contributed by atoms with E-state index in [4.69, 9.17) is 15.0 Å². The molecule has 0 saturated heterocycles. The average Bonchev–Trinajstić information content (AvgIpc) is 3.74. The maximum absolute atomic E-state index is 5.26. The number of nitrogens with zero attached hydrogens (tertiary/aromatic N) is 4. The number of para-hydroxylation sites is 2. The average molecular weight is 853 g/mol. The number of aromatic nitrogens is 4. The molecule has 2 heterocycles. The van der Waals surface area contributed by atoms with Crippen molar-refractivity contribution in [3.63, 3.8) is 0 Å². The number of fused-ring (bicyclic) bond motifs is 7. The van der Waals surface area contributed by atoms with E-state index < -0.39 is 0 Å². The summed E-state index contributed by atoms with van der Waals surface area (Å²) in [7, 11) is 0. The maximum atomic E-state index is 5.26. The van der Waals surface area contributed by atoms with Crippen molar-refractivity contribution >= 4 is 54.1 Å². The van der Waals surface area contributed by atoms with Gasteiger partial charge in [0.05, 0.1) is 11.0 Å². The highest BCUT2D eigenvalue weighted by Gasteiger charge is 2.19. The van der Waals surface area contributed by atoms with Crippen molar-refractivity contribution in [2.24, 2.45) is 0 Å². The molecule has 2 aromatic heterocycles. The quantitative estimate of drug-likeness (QED) is 0.118. The minimum Gasteiger partial charge on any atom is -0.309 e. The van der Waals surface area contributed by atoms with E-state index in [-0.39, 0.29) is 0 Å². The maximum Gasteiger partial charge on any atom is 0.164 e. The van der Waals surface area contributed by atoms with Crippen molar-refractivity contribution in [1.82, 2.24) is 19.5 Å². The molecule has 0 N–H and O–H groups in total. The van der Waals surface area contributed by atoms with Gasteiger partial charge < -0.3 is 4.57 Å². The van der Waals surface area contributed by atoms with Gasteiger partial charge >= 0.3 is 0 Å². The SMILES string of the molecule is c1ccc(-c2ccccc2-c2nc(-c3ccc(-c4ccc(-c5c6ccccc6cc6c5ccc5ccccc56)cc4)cc3)nc(-c3ccc4c(c3)c3ccccc3n4-c3ccccc3)n2)cc1. The highest BCUT2D eigenvalue weighted by atomic mass is 15.0. The van der Waals surface area contributed by atoms with E-state index in [1.807, 2.05) is 6.07 Å². The Morgan fingerprint density at radius 3 is 1.55 bits per heavy atom. The van der Waals surface area contributed by atoms with Crippen molar-refractivity contribution in [3.05, 3.63) is 243 Å². The summed E-state index contributed by atoms with van der Waals surface area (Å²) in [5.41, 5.74) is 13.1. The first-order chi connectivity index (χ1) is 33.2. The molecule has 0 aliphatic rings. The monoisotopic (exact) mass is 852 g/mol. The lowest BCUT2D eigenvalue weighted by atomic mass is 9.89. The van der Waals surface area contributed by atoms with E-state index in [0.29, 0.717) is 17.5 Å². The Kier molecular flexibility index (Phi) is 9.14. The van der Waals surface area contributed by atoms with E-state index >= 15 is 0 Å². The molecule has 13 aromatic rings. The summed E-state index contributed by atoms with van der Waals surface area (Å²) in [5.74, 6) is 1.86. The third-order valence-corrected chi connectivity index (χ3v) is 13.3. The fourth-order valence-electron chi connectivity index (χ4n) is 10.0. The van der Waals surface area contributed by atoms with Gasteiger partial charge in [-0.05, 0) is 108 Å². The molecule has 0 amide bonds. The van der Waals surface area contributed by atoms with Crippen LogP contribution in [0.1, 0.15) is 0 Å². The third-order valence-electron chi connectivity index (χ3n) is 13.3. The largest absolute Gasteiger partial charge is 0.309 e. The van der Waals surface area contributed by atoms with E-state index in [1.54, 1.807) is 0 Å². The Bertz CT molecular complexity index is 4010. The Morgan fingerprint density at radius 2 is 0.791 bits per heavy atom. The molecule has 0 aliphatic heterocycles. The van der Waals surface area contributed by atoms with Crippen LogP contribution in [0, 0.1) is 0 Å². The van der Waals surface area contributed by atoms with Crippen molar-refractivity contribution in [2.45, 2.75) is 0 Å². The topological polar surface area (TPSA) is 43.6 Å². The van der Waals surface area contributed by atoms with Gasteiger partial charge in [-0.15, -0.1) is 0 Å². The Hall–Kier alpha value is -8.99. The molecule has 0 fully saturated rings. The molecule has 0 atom stereocenters. The molecule has 0 radical (unpaired) electrons. The highest BCUT2D eigenvalue weighted by Crippen LogP contribution is 2.41. The highest BCUT2D eigenvalue weighted by molar-refractivity contribution is 6.20. The minimum atomic E-state index is 0.618. The fourth-order valence-corrected chi connectivity index (χ4v) is 10.0. The minimum absolute atomic E-state index is 0.618. The van der Waals surface area contributed by atoms with E-state index in [1.165, 1.54) is 48.8 Å². The molecule has 4 nitrogen and oxygen atoms in total. The Morgan fingerprint density at radius 1 is 0.254 bits per heavy atom. The predicted molar refractivity (Wildman–Crippen MR) is 279 cm³/mol. The van der Waals surface area contributed by atoms with Gasteiger partial charge in [0.1, 0.15) is 0 Å². The van der Waals surface area contributed by atoms with Gasteiger partial charge in [-0.2, -0.15) is 0 Å². The van der Waals surface area contributed by atoms with Gasteiger partial charge in [-0.3, -0.25) is 0 Å². The summed E-state index contributed by atoms with van der Waals surface area (Å²) in [4.78, 5) is 15.7. The van der Waals surface area contributed by atoms with Crippen LogP contribution in [0.5, 0.6) is 0 Å². The van der Waals surface area contributed by atoms with Gasteiger partial charge in [-0.1, -0.05) is 200 Å². The first-order valence-electron chi connectivity index (χ1n) is 22.8. The second-order valence-electron chi connectivity index (χ2n) is 17.1. The number of hydrogen-bond donors (Lipinski definition) is 0. The Balaban J connectivity index is 0.912. The second-order valence-corrected chi connectivity index (χ2v) is 17.1. The van der Waals surface area contributed by atoms with Crippen molar-refractivity contribution in [1.29, 1.82) is 0 Å². The first kappa shape index (κ1) is 38.5. The van der Waals surface area contributed by atoms with Gasteiger partial charge in [-0.25, -0.2) is 15.0 Å². The second kappa shape index (κ2) is 15.9. The lowest BCUT2D eigenvalue weighted by molar-refractivity contribution is 1.07. The van der Waals surface area contributed by atoms with Crippen LogP contribution in [0.15, 0.2) is 243 Å². The summed E-state index contributed by atoms with van der Waals surface area (Å²) in [6, 6.07) is 86.5. The van der Waals surface area contributed by atoms with Crippen LogP contribution >= 0.6 is 0 Å². The molecule has 11 aromatic carbocycles. The summed E-state index contributed by atoms with van der Waals surface area (Å²) in [5, 5.41) is 9.87. The van der Waals surface area contributed by atoms with Crippen molar-refractivity contribution in [2.75, 3.05) is 0 Å².